The van der Waals surface area contributed by atoms with Crippen molar-refractivity contribution in [2.75, 3.05) is 0 Å². The van der Waals surface area contributed by atoms with Gasteiger partial charge in [0, 0.05) is 17.1 Å². The summed E-state index contributed by atoms with van der Waals surface area (Å²) in [7, 11) is 0. The monoisotopic (exact) mass is 331 g/mol. The second kappa shape index (κ2) is 7.35. The van der Waals surface area contributed by atoms with Crippen LogP contribution in [0.25, 0.3) is 0 Å². The number of hydrogen-bond donors (Lipinski definition) is 1. The first kappa shape index (κ1) is 17.8. The Morgan fingerprint density at radius 1 is 1.26 bits per heavy atom. The van der Waals surface area contributed by atoms with E-state index in [0.29, 0.717) is 11.8 Å². The van der Waals surface area contributed by atoms with Crippen molar-refractivity contribution >= 4 is 17.5 Å². The summed E-state index contributed by atoms with van der Waals surface area (Å²) >= 11 is 5.94. The van der Waals surface area contributed by atoms with Crippen LogP contribution in [0.5, 0.6) is 0 Å². The third-order valence-corrected chi connectivity index (χ3v) is 5.13. The van der Waals surface area contributed by atoms with E-state index in [9.17, 15) is 4.79 Å². The van der Waals surface area contributed by atoms with Gasteiger partial charge >= 0.3 is 0 Å². The van der Waals surface area contributed by atoms with Crippen molar-refractivity contribution in [2.45, 2.75) is 45.6 Å². The summed E-state index contributed by atoms with van der Waals surface area (Å²) < 4.78 is 0. The minimum atomic E-state index is -0.0351. The quantitative estimate of drug-likeness (QED) is 0.583. The SMILES string of the molecule is CC(C)C(C)NC(=O)C=CC=C[C@@H]1C[C@]1(C)c1ccc(Cl)cc1. The lowest BCUT2D eigenvalue weighted by molar-refractivity contribution is -0.117. The highest BCUT2D eigenvalue weighted by atomic mass is 35.5. The van der Waals surface area contributed by atoms with Gasteiger partial charge < -0.3 is 5.32 Å². The molecule has 1 aromatic rings. The Morgan fingerprint density at radius 3 is 2.52 bits per heavy atom. The number of benzene rings is 1. The zero-order valence-electron chi connectivity index (χ0n) is 14.3. The van der Waals surface area contributed by atoms with Crippen LogP contribution in [0.2, 0.25) is 5.02 Å². The van der Waals surface area contributed by atoms with Gasteiger partial charge in [-0.2, -0.15) is 0 Å². The molecule has 2 rings (SSSR count). The average molecular weight is 332 g/mol. The van der Waals surface area contributed by atoms with Gasteiger partial charge in [0.2, 0.25) is 5.91 Å². The summed E-state index contributed by atoms with van der Waals surface area (Å²) in [5, 5.41) is 3.73. The van der Waals surface area contributed by atoms with E-state index >= 15 is 0 Å². The van der Waals surface area contributed by atoms with Gasteiger partial charge in [0.15, 0.2) is 0 Å². The summed E-state index contributed by atoms with van der Waals surface area (Å²) in [6.07, 6.45) is 8.71. The molecule has 1 aliphatic carbocycles. The highest BCUT2D eigenvalue weighted by molar-refractivity contribution is 6.30. The van der Waals surface area contributed by atoms with E-state index in [0.717, 1.165) is 11.4 Å². The Bertz CT molecular complexity index is 603. The van der Waals surface area contributed by atoms with Crippen molar-refractivity contribution in [3.05, 3.63) is 59.2 Å². The Balaban J connectivity index is 1.84. The van der Waals surface area contributed by atoms with E-state index in [1.54, 1.807) is 6.08 Å². The van der Waals surface area contributed by atoms with Gasteiger partial charge in [0.1, 0.15) is 0 Å². The van der Waals surface area contributed by atoms with Crippen molar-refractivity contribution in [3.8, 4) is 0 Å². The van der Waals surface area contributed by atoms with Crippen LogP contribution in [0.3, 0.4) is 0 Å². The zero-order valence-corrected chi connectivity index (χ0v) is 15.1. The maximum absolute atomic E-state index is 11.8. The van der Waals surface area contributed by atoms with Gasteiger partial charge in [-0.15, -0.1) is 0 Å². The van der Waals surface area contributed by atoms with E-state index in [4.69, 9.17) is 11.6 Å². The molecule has 23 heavy (non-hydrogen) atoms. The van der Waals surface area contributed by atoms with Gasteiger partial charge in [0.05, 0.1) is 0 Å². The smallest absolute Gasteiger partial charge is 0.244 e. The number of rotatable bonds is 6. The Hall–Kier alpha value is -1.54. The molecule has 0 radical (unpaired) electrons. The van der Waals surface area contributed by atoms with Gasteiger partial charge in [-0.25, -0.2) is 0 Å². The van der Waals surface area contributed by atoms with Crippen LogP contribution in [0.15, 0.2) is 48.6 Å². The van der Waals surface area contributed by atoms with Crippen LogP contribution in [-0.2, 0) is 10.2 Å². The average Bonchev–Trinajstić information content (AvgIpc) is 3.16. The Labute approximate surface area is 144 Å². The molecule has 0 aliphatic heterocycles. The largest absolute Gasteiger partial charge is 0.350 e. The molecular formula is C20H26ClNO. The molecule has 1 unspecified atom stereocenters. The minimum absolute atomic E-state index is 0.0351. The maximum atomic E-state index is 11.8. The normalized spacial score (nSPS) is 25.2. The van der Waals surface area contributed by atoms with Crippen LogP contribution in [0, 0.1) is 11.8 Å². The fourth-order valence-corrected chi connectivity index (χ4v) is 2.75. The van der Waals surface area contributed by atoms with Crippen LogP contribution in [0.4, 0.5) is 0 Å². The van der Waals surface area contributed by atoms with Crippen LogP contribution in [-0.4, -0.2) is 11.9 Å². The lowest BCUT2D eigenvalue weighted by atomic mass is 9.95. The molecule has 1 aliphatic rings. The van der Waals surface area contributed by atoms with E-state index in [-0.39, 0.29) is 17.4 Å². The molecule has 3 heteroatoms. The second-order valence-electron chi connectivity index (χ2n) is 7.02. The van der Waals surface area contributed by atoms with Gasteiger partial charge in [0.25, 0.3) is 0 Å². The molecular weight excluding hydrogens is 306 g/mol. The first-order valence-corrected chi connectivity index (χ1v) is 8.62. The van der Waals surface area contributed by atoms with Crippen molar-refractivity contribution < 1.29 is 4.79 Å². The molecule has 0 bridgehead atoms. The molecule has 3 atom stereocenters. The Morgan fingerprint density at radius 2 is 1.91 bits per heavy atom. The van der Waals surface area contributed by atoms with Crippen LogP contribution >= 0.6 is 11.6 Å². The molecule has 1 aromatic carbocycles. The predicted octanol–water partition coefficient (Wildman–Crippen LogP) is 4.89. The van der Waals surface area contributed by atoms with E-state index in [1.807, 2.05) is 31.2 Å². The summed E-state index contributed by atoms with van der Waals surface area (Å²) in [5.41, 5.74) is 1.52. The molecule has 1 saturated carbocycles. The van der Waals surface area contributed by atoms with Crippen LogP contribution < -0.4 is 5.32 Å². The number of amides is 1. The van der Waals surface area contributed by atoms with E-state index in [2.05, 4.69) is 44.3 Å². The Kier molecular flexibility index (Phi) is 5.69. The molecule has 0 spiro atoms. The topological polar surface area (TPSA) is 29.1 Å². The highest BCUT2D eigenvalue weighted by Gasteiger charge is 2.49. The molecule has 124 valence electrons. The van der Waals surface area contributed by atoms with E-state index in [1.165, 1.54) is 5.56 Å². The molecule has 2 nitrogen and oxygen atoms in total. The molecule has 0 saturated heterocycles. The fraction of sp³-hybridized carbons (Fsp3) is 0.450. The van der Waals surface area contributed by atoms with Crippen molar-refractivity contribution in [1.82, 2.24) is 5.32 Å². The molecule has 1 fully saturated rings. The van der Waals surface area contributed by atoms with Crippen molar-refractivity contribution in [2.24, 2.45) is 11.8 Å². The van der Waals surface area contributed by atoms with Crippen molar-refractivity contribution in [3.63, 3.8) is 0 Å². The number of nitrogens with one attached hydrogen (secondary N) is 1. The fourth-order valence-electron chi connectivity index (χ4n) is 2.62. The molecule has 0 aromatic heterocycles. The molecule has 1 amide bonds. The third kappa shape index (κ3) is 4.71. The number of carbonyl (C=O) groups is 1. The van der Waals surface area contributed by atoms with Crippen molar-refractivity contribution in [1.29, 1.82) is 0 Å². The maximum Gasteiger partial charge on any atom is 0.244 e. The van der Waals surface area contributed by atoms with Gasteiger partial charge in [-0.1, -0.05) is 62.7 Å². The zero-order chi connectivity index (χ0) is 17.0. The molecule has 1 N–H and O–H groups in total. The number of halogens is 1. The lowest BCUT2D eigenvalue weighted by Crippen LogP contribution is -2.34. The number of allylic oxidation sites excluding steroid dienone is 3. The first-order chi connectivity index (χ1) is 10.8. The second-order valence-corrected chi connectivity index (χ2v) is 7.46. The minimum Gasteiger partial charge on any atom is -0.350 e. The molecule has 0 heterocycles. The highest BCUT2D eigenvalue weighted by Crippen LogP contribution is 2.54. The number of carbonyl (C=O) groups excluding carboxylic acids is 1. The summed E-state index contributed by atoms with van der Waals surface area (Å²) in [5.74, 6) is 0.924. The van der Waals surface area contributed by atoms with Gasteiger partial charge in [-0.05, 0) is 48.3 Å². The summed E-state index contributed by atoms with van der Waals surface area (Å²) in [6.45, 7) is 8.48. The number of hydrogen-bond acceptors (Lipinski definition) is 1. The lowest BCUT2D eigenvalue weighted by Gasteiger charge is -2.15. The van der Waals surface area contributed by atoms with E-state index < -0.39 is 0 Å². The summed E-state index contributed by atoms with van der Waals surface area (Å²) in [6, 6.07) is 8.29. The first-order valence-electron chi connectivity index (χ1n) is 8.24. The summed E-state index contributed by atoms with van der Waals surface area (Å²) in [4.78, 5) is 11.8. The standard InChI is InChI=1S/C20H26ClNO/c1-14(2)15(3)22-19(23)8-6-5-7-17-13-20(17,4)16-9-11-18(21)12-10-16/h5-12,14-15,17H,13H2,1-4H3,(H,22,23)/t15?,17-,20-/m1/s1. The third-order valence-electron chi connectivity index (χ3n) is 4.88. The van der Waals surface area contributed by atoms with Gasteiger partial charge in [-0.3, -0.25) is 4.79 Å². The predicted molar refractivity (Wildman–Crippen MR) is 97.6 cm³/mol. The van der Waals surface area contributed by atoms with Crippen LogP contribution in [0.1, 0.15) is 39.7 Å².